The Kier molecular flexibility index (Phi) is 3.37. The maximum atomic E-state index is 12.2. The predicted octanol–water partition coefficient (Wildman–Crippen LogP) is 1.89. The third-order valence-corrected chi connectivity index (χ3v) is 3.03. The molecular weight excluding hydrogens is 275 g/mol. The third kappa shape index (κ3) is 2.67. The number of hydrogen-bond acceptors (Lipinski definition) is 3. The zero-order chi connectivity index (χ0) is 11.8. The van der Waals surface area contributed by atoms with E-state index in [1.165, 1.54) is 0 Å². The maximum Gasteiger partial charge on any atom is 0.276 e. The Labute approximate surface area is 92.2 Å². The van der Waals surface area contributed by atoms with Crippen molar-refractivity contribution in [3.05, 3.63) is 27.0 Å². The van der Waals surface area contributed by atoms with Crippen LogP contribution in [-0.4, -0.2) is 13.4 Å². The minimum atomic E-state index is -4.20. The number of alkyl halides is 2. The van der Waals surface area contributed by atoms with Crippen LogP contribution in [0.3, 0.4) is 0 Å². The molecule has 0 unspecified atom stereocenters. The second-order valence-electron chi connectivity index (χ2n) is 2.46. The van der Waals surface area contributed by atoms with Crippen molar-refractivity contribution in [2.45, 2.75) is 11.5 Å². The van der Waals surface area contributed by atoms with Crippen LogP contribution in [0.5, 0.6) is 0 Å². The second-order valence-corrected chi connectivity index (χ2v) is 5.40. The standard InChI is InChI=1S/C6H3Cl2F2NO3S/c7-2-1-3(15(8,13)14)11-6(12)4(2)5(9)10/h1,5H,(H,11,12). The lowest BCUT2D eigenvalue weighted by molar-refractivity contribution is 0.149. The highest BCUT2D eigenvalue weighted by molar-refractivity contribution is 8.13. The van der Waals surface area contributed by atoms with Crippen molar-refractivity contribution in [2.75, 3.05) is 0 Å². The van der Waals surface area contributed by atoms with Gasteiger partial charge in [0, 0.05) is 10.7 Å². The topological polar surface area (TPSA) is 67.0 Å². The van der Waals surface area contributed by atoms with Gasteiger partial charge in [0.15, 0.2) is 5.03 Å². The molecule has 0 spiro atoms. The monoisotopic (exact) mass is 277 g/mol. The molecule has 0 aliphatic rings. The van der Waals surface area contributed by atoms with Crippen LogP contribution in [0.2, 0.25) is 5.02 Å². The summed E-state index contributed by atoms with van der Waals surface area (Å²) in [5.74, 6) is 0. The molecule has 4 nitrogen and oxygen atoms in total. The summed E-state index contributed by atoms with van der Waals surface area (Å²) in [6.45, 7) is 0. The maximum absolute atomic E-state index is 12.2. The Hall–Kier alpha value is -0.660. The molecule has 9 heteroatoms. The van der Waals surface area contributed by atoms with Crippen LogP contribution in [0.25, 0.3) is 0 Å². The lowest BCUT2D eigenvalue weighted by Gasteiger charge is -2.03. The number of pyridine rings is 1. The number of hydrogen-bond donors (Lipinski definition) is 1. The lowest BCUT2D eigenvalue weighted by Crippen LogP contribution is -2.16. The first-order chi connectivity index (χ1) is 6.73. The Balaban J connectivity index is 3.53. The zero-order valence-corrected chi connectivity index (χ0v) is 9.13. The molecule has 1 rings (SSSR count). The van der Waals surface area contributed by atoms with Gasteiger partial charge in [-0.1, -0.05) is 11.6 Å². The van der Waals surface area contributed by atoms with Crippen molar-refractivity contribution in [3.8, 4) is 0 Å². The van der Waals surface area contributed by atoms with Gasteiger partial charge in [-0.2, -0.15) is 0 Å². The Morgan fingerprint density at radius 1 is 1.40 bits per heavy atom. The van der Waals surface area contributed by atoms with Crippen LogP contribution in [0.15, 0.2) is 15.9 Å². The fourth-order valence-corrected chi connectivity index (χ4v) is 1.92. The molecular formula is C6H3Cl2F2NO3S. The van der Waals surface area contributed by atoms with Crippen LogP contribution in [0, 0.1) is 0 Å². The molecule has 0 saturated carbocycles. The summed E-state index contributed by atoms with van der Waals surface area (Å²) in [4.78, 5) is 12.7. The van der Waals surface area contributed by atoms with E-state index >= 15 is 0 Å². The first-order valence-electron chi connectivity index (χ1n) is 3.39. The van der Waals surface area contributed by atoms with Gasteiger partial charge in [-0.3, -0.25) is 4.79 Å². The highest BCUT2D eigenvalue weighted by Crippen LogP contribution is 2.25. The molecule has 15 heavy (non-hydrogen) atoms. The fourth-order valence-electron chi connectivity index (χ4n) is 0.851. The van der Waals surface area contributed by atoms with E-state index in [0.29, 0.717) is 6.07 Å². The van der Waals surface area contributed by atoms with Crippen molar-refractivity contribution in [1.82, 2.24) is 4.98 Å². The lowest BCUT2D eigenvalue weighted by atomic mass is 10.3. The average molecular weight is 278 g/mol. The number of halogens is 4. The van der Waals surface area contributed by atoms with Crippen LogP contribution in [-0.2, 0) is 9.05 Å². The van der Waals surface area contributed by atoms with Gasteiger partial charge in [-0.15, -0.1) is 0 Å². The third-order valence-electron chi connectivity index (χ3n) is 1.48. The summed E-state index contributed by atoms with van der Waals surface area (Å²) in [6, 6.07) is 0.660. The summed E-state index contributed by atoms with van der Waals surface area (Å²) in [5, 5.41) is -1.36. The first kappa shape index (κ1) is 12.4. The van der Waals surface area contributed by atoms with E-state index in [9.17, 15) is 22.0 Å². The number of aromatic nitrogens is 1. The second kappa shape index (κ2) is 4.07. The molecule has 0 aromatic carbocycles. The van der Waals surface area contributed by atoms with Crippen molar-refractivity contribution in [3.63, 3.8) is 0 Å². The van der Waals surface area contributed by atoms with Gasteiger partial charge < -0.3 is 4.98 Å². The molecule has 1 aromatic heterocycles. The zero-order valence-electron chi connectivity index (χ0n) is 6.80. The highest BCUT2D eigenvalue weighted by Gasteiger charge is 2.21. The van der Waals surface area contributed by atoms with Crippen LogP contribution in [0.1, 0.15) is 12.0 Å². The van der Waals surface area contributed by atoms with Crippen molar-refractivity contribution in [2.24, 2.45) is 0 Å². The van der Waals surface area contributed by atoms with Gasteiger partial charge >= 0.3 is 0 Å². The molecule has 0 saturated heterocycles. The van der Waals surface area contributed by atoms with Gasteiger partial charge in [0.1, 0.15) is 5.56 Å². The van der Waals surface area contributed by atoms with Gasteiger partial charge in [0.05, 0.1) is 5.02 Å². The molecule has 0 radical (unpaired) electrons. The van der Waals surface area contributed by atoms with Crippen molar-refractivity contribution < 1.29 is 17.2 Å². The van der Waals surface area contributed by atoms with Crippen molar-refractivity contribution in [1.29, 1.82) is 0 Å². The quantitative estimate of drug-likeness (QED) is 0.840. The molecule has 0 amide bonds. The van der Waals surface area contributed by atoms with E-state index in [-0.39, 0.29) is 0 Å². The average Bonchev–Trinajstić information content (AvgIpc) is 1.99. The van der Waals surface area contributed by atoms with Gasteiger partial charge in [-0.05, 0) is 6.07 Å². The smallest absolute Gasteiger partial charge is 0.276 e. The van der Waals surface area contributed by atoms with E-state index in [4.69, 9.17) is 22.3 Å². The summed E-state index contributed by atoms with van der Waals surface area (Å²) >= 11 is 5.31. The fraction of sp³-hybridized carbons (Fsp3) is 0.167. The Morgan fingerprint density at radius 2 is 1.93 bits per heavy atom. The van der Waals surface area contributed by atoms with Crippen molar-refractivity contribution >= 4 is 31.3 Å². The molecule has 0 aliphatic carbocycles. The molecule has 0 bridgehead atoms. The molecule has 0 aliphatic heterocycles. The molecule has 0 atom stereocenters. The number of rotatable bonds is 2. The van der Waals surface area contributed by atoms with Crippen LogP contribution < -0.4 is 5.56 Å². The predicted molar refractivity (Wildman–Crippen MR) is 50.1 cm³/mol. The normalized spacial score (nSPS) is 12.1. The molecule has 84 valence electrons. The Bertz CT molecular complexity index is 540. The molecule has 1 N–H and O–H groups in total. The number of aromatic amines is 1. The highest BCUT2D eigenvalue weighted by atomic mass is 35.7. The van der Waals surface area contributed by atoms with Crippen LogP contribution in [0.4, 0.5) is 8.78 Å². The minimum Gasteiger partial charge on any atom is -0.311 e. The first-order valence-corrected chi connectivity index (χ1v) is 6.07. The summed E-state index contributed by atoms with van der Waals surface area (Å²) in [6.07, 6.45) is -3.09. The number of H-pyrrole nitrogens is 1. The van der Waals surface area contributed by atoms with E-state index in [2.05, 4.69) is 0 Å². The van der Waals surface area contributed by atoms with E-state index in [0.717, 1.165) is 0 Å². The van der Waals surface area contributed by atoms with Gasteiger partial charge in [0.25, 0.3) is 21.0 Å². The van der Waals surface area contributed by atoms with E-state index in [1.54, 1.807) is 4.98 Å². The molecule has 1 heterocycles. The van der Waals surface area contributed by atoms with Gasteiger partial charge in [-0.25, -0.2) is 17.2 Å². The summed E-state index contributed by atoms with van der Waals surface area (Å²) in [5.41, 5.74) is -2.27. The van der Waals surface area contributed by atoms with E-state index < -0.39 is 36.6 Å². The van der Waals surface area contributed by atoms with Crippen LogP contribution >= 0.6 is 22.3 Å². The van der Waals surface area contributed by atoms with E-state index in [1.807, 2.05) is 0 Å². The summed E-state index contributed by atoms with van der Waals surface area (Å²) < 4.78 is 46.0. The largest absolute Gasteiger partial charge is 0.311 e. The Morgan fingerprint density at radius 3 is 2.27 bits per heavy atom. The minimum absolute atomic E-state index is 0.645. The molecule has 1 aromatic rings. The van der Waals surface area contributed by atoms with Gasteiger partial charge in [0.2, 0.25) is 0 Å². The number of nitrogens with one attached hydrogen (secondary N) is 1. The summed E-state index contributed by atoms with van der Waals surface area (Å²) in [7, 11) is 0.687. The SMILES string of the molecule is O=c1[nH]c(S(=O)(=O)Cl)cc(Cl)c1C(F)F. The molecule has 0 fully saturated rings.